The number of carbonyl (C=O) groups is 2. The van der Waals surface area contributed by atoms with Gasteiger partial charge in [-0.3, -0.25) is 4.79 Å². The van der Waals surface area contributed by atoms with Gasteiger partial charge in [-0.05, 0) is 36.1 Å². The third-order valence-electron chi connectivity index (χ3n) is 2.94. The van der Waals surface area contributed by atoms with Crippen LogP contribution in [0.2, 0.25) is 0 Å². The number of nitrogens with two attached hydrogens (primary N) is 1. The van der Waals surface area contributed by atoms with E-state index in [2.05, 4.69) is 0 Å². The Kier molecular flexibility index (Phi) is 4.50. The first-order valence-corrected chi connectivity index (χ1v) is 6.28. The van der Waals surface area contributed by atoms with Gasteiger partial charge in [-0.25, -0.2) is 4.79 Å². The van der Waals surface area contributed by atoms with Gasteiger partial charge in [0.05, 0.1) is 0 Å². The smallest absolute Gasteiger partial charge is 0.409 e. The summed E-state index contributed by atoms with van der Waals surface area (Å²) in [6.45, 7) is 0. The fourth-order valence-corrected chi connectivity index (χ4v) is 1.93. The highest BCUT2D eigenvalue weighted by Gasteiger charge is 2.01. The topological polar surface area (TPSA) is 69.4 Å². The number of benzene rings is 2. The molecule has 0 aliphatic carbocycles. The van der Waals surface area contributed by atoms with Gasteiger partial charge < -0.3 is 10.5 Å². The van der Waals surface area contributed by atoms with E-state index in [9.17, 15) is 9.59 Å². The second kappa shape index (κ2) is 6.52. The van der Waals surface area contributed by atoms with Crippen LogP contribution in [0.15, 0.2) is 48.5 Å². The molecule has 2 aromatic carbocycles. The fourth-order valence-electron chi connectivity index (χ4n) is 1.93. The normalized spacial score (nSPS) is 10.0. The third-order valence-corrected chi connectivity index (χ3v) is 2.94. The summed E-state index contributed by atoms with van der Waals surface area (Å²) in [7, 11) is 0. The summed E-state index contributed by atoms with van der Waals surface area (Å²) in [6.07, 6.45) is 1.68. The van der Waals surface area contributed by atoms with Crippen molar-refractivity contribution in [3.8, 4) is 5.75 Å². The zero-order valence-corrected chi connectivity index (χ0v) is 10.9. The molecular weight excluding hydrogens is 254 g/mol. The summed E-state index contributed by atoms with van der Waals surface area (Å²) in [4.78, 5) is 21.3. The minimum atomic E-state index is -0.813. The Morgan fingerprint density at radius 1 is 1.05 bits per heavy atom. The molecule has 0 saturated carbocycles. The number of rotatable bonds is 5. The maximum atomic E-state index is 10.7. The molecule has 0 aliphatic heterocycles. The Morgan fingerprint density at radius 2 is 1.75 bits per heavy atom. The van der Waals surface area contributed by atoms with Gasteiger partial charge in [0, 0.05) is 5.56 Å². The lowest BCUT2D eigenvalue weighted by atomic mass is 10.0. The molecule has 0 fully saturated rings. The van der Waals surface area contributed by atoms with Gasteiger partial charge >= 0.3 is 6.09 Å². The molecule has 4 nitrogen and oxygen atoms in total. The first-order valence-electron chi connectivity index (χ1n) is 6.28. The van der Waals surface area contributed by atoms with Crippen molar-refractivity contribution in [2.45, 2.75) is 12.8 Å². The van der Waals surface area contributed by atoms with Crippen molar-refractivity contribution in [1.29, 1.82) is 0 Å². The van der Waals surface area contributed by atoms with Crippen molar-refractivity contribution >= 4 is 12.4 Å². The molecule has 0 aromatic heterocycles. The highest BCUT2D eigenvalue weighted by atomic mass is 16.5. The maximum absolute atomic E-state index is 10.7. The third kappa shape index (κ3) is 3.95. The van der Waals surface area contributed by atoms with Crippen LogP contribution < -0.4 is 10.5 Å². The van der Waals surface area contributed by atoms with Gasteiger partial charge in [0.15, 0.2) is 0 Å². The van der Waals surface area contributed by atoms with E-state index < -0.39 is 6.09 Å². The van der Waals surface area contributed by atoms with Crippen LogP contribution in [0.4, 0.5) is 4.79 Å². The van der Waals surface area contributed by atoms with Crippen LogP contribution in [-0.2, 0) is 12.8 Å². The summed E-state index contributed by atoms with van der Waals surface area (Å²) >= 11 is 0. The summed E-state index contributed by atoms with van der Waals surface area (Å²) in [6, 6.07) is 14.7. The van der Waals surface area contributed by atoms with E-state index >= 15 is 0 Å². The molecule has 0 aliphatic rings. The van der Waals surface area contributed by atoms with Crippen LogP contribution in [0, 0.1) is 0 Å². The maximum Gasteiger partial charge on any atom is 0.409 e. The number of hydrogen-bond donors (Lipinski definition) is 1. The zero-order valence-electron chi connectivity index (χ0n) is 10.9. The van der Waals surface area contributed by atoms with Gasteiger partial charge in [-0.15, -0.1) is 0 Å². The van der Waals surface area contributed by atoms with Crippen LogP contribution in [0.25, 0.3) is 0 Å². The van der Waals surface area contributed by atoms with E-state index in [0.29, 0.717) is 11.3 Å². The summed E-state index contributed by atoms with van der Waals surface area (Å²) in [5.74, 6) is 0.450. The number of aldehydes is 1. The van der Waals surface area contributed by atoms with Crippen molar-refractivity contribution < 1.29 is 14.3 Å². The molecular formula is C16H15NO3. The van der Waals surface area contributed by atoms with Crippen molar-refractivity contribution in [2.75, 3.05) is 0 Å². The molecule has 20 heavy (non-hydrogen) atoms. The van der Waals surface area contributed by atoms with Gasteiger partial charge in [0.2, 0.25) is 0 Å². The molecule has 0 saturated heterocycles. The van der Waals surface area contributed by atoms with E-state index in [-0.39, 0.29) is 0 Å². The number of aryl methyl sites for hydroxylation is 2. The Bertz CT molecular complexity index is 605. The molecule has 102 valence electrons. The first-order chi connectivity index (χ1) is 9.67. The average Bonchev–Trinajstić information content (AvgIpc) is 2.45. The van der Waals surface area contributed by atoms with Crippen molar-refractivity contribution in [3.05, 3.63) is 65.2 Å². The van der Waals surface area contributed by atoms with Crippen LogP contribution >= 0.6 is 0 Å². The molecule has 2 rings (SSSR count). The second-order valence-corrected chi connectivity index (χ2v) is 4.43. The molecule has 0 bridgehead atoms. The number of carbonyl (C=O) groups excluding carboxylic acids is 2. The van der Waals surface area contributed by atoms with E-state index in [1.807, 2.05) is 24.3 Å². The van der Waals surface area contributed by atoms with Crippen LogP contribution in [0.5, 0.6) is 5.75 Å². The number of primary amides is 1. The largest absolute Gasteiger partial charge is 0.410 e. The number of amides is 1. The van der Waals surface area contributed by atoms with Crippen molar-refractivity contribution in [3.63, 3.8) is 0 Å². The molecule has 0 unspecified atom stereocenters. The van der Waals surface area contributed by atoms with Gasteiger partial charge in [0.25, 0.3) is 0 Å². The fraction of sp³-hybridized carbons (Fsp3) is 0.125. The lowest BCUT2D eigenvalue weighted by Gasteiger charge is -2.05. The van der Waals surface area contributed by atoms with Crippen molar-refractivity contribution in [1.82, 2.24) is 0 Å². The minimum absolute atomic E-state index is 0.450. The molecule has 4 heteroatoms. The molecule has 0 atom stereocenters. The molecule has 0 radical (unpaired) electrons. The second-order valence-electron chi connectivity index (χ2n) is 4.43. The lowest BCUT2D eigenvalue weighted by molar-refractivity contribution is 0.112. The summed E-state index contributed by atoms with van der Waals surface area (Å²) < 4.78 is 4.84. The van der Waals surface area contributed by atoms with Crippen LogP contribution in [-0.4, -0.2) is 12.4 Å². The number of ether oxygens (including phenoxy) is 1. The molecule has 0 spiro atoms. The van der Waals surface area contributed by atoms with E-state index in [1.54, 1.807) is 24.3 Å². The van der Waals surface area contributed by atoms with Gasteiger partial charge in [-0.2, -0.15) is 0 Å². The SMILES string of the molecule is NC(=O)Oc1cccc(CCc2ccc(C=O)cc2)c1. The van der Waals surface area contributed by atoms with Crippen LogP contribution in [0.1, 0.15) is 21.5 Å². The molecule has 0 heterocycles. The Balaban J connectivity index is 1.99. The highest BCUT2D eigenvalue weighted by molar-refractivity contribution is 5.74. The standard InChI is InChI=1S/C16H15NO3/c17-16(19)20-15-3-1-2-13(10-15)7-4-12-5-8-14(11-18)9-6-12/h1-3,5-6,8-11H,4,7H2,(H2,17,19). The molecule has 1 amide bonds. The van der Waals surface area contributed by atoms with Crippen molar-refractivity contribution in [2.24, 2.45) is 5.73 Å². The van der Waals surface area contributed by atoms with Gasteiger partial charge in [-0.1, -0.05) is 36.4 Å². The Labute approximate surface area is 117 Å². The first kappa shape index (κ1) is 13.8. The zero-order chi connectivity index (χ0) is 14.4. The lowest BCUT2D eigenvalue weighted by Crippen LogP contribution is -2.16. The summed E-state index contributed by atoms with van der Waals surface area (Å²) in [5.41, 5.74) is 7.86. The summed E-state index contributed by atoms with van der Waals surface area (Å²) in [5, 5.41) is 0. The van der Waals surface area contributed by atoms with Crippen LogP contribution in [0.3, 0.4) is 0 Å². The Morgan fingerprint density at radius 3 is 2.40 bits per heavy atom. The predicted octanol–water partition coefficient (Wildman–Crippen LogP) is 2.74. The molecule has 2 N–H and O–H groups in total. The minimum Gasteiger partial charge on any atom is -0.410 e. The average molecular weight is 269 g/mol. The quantitative estimate of drug-likeness (QED) is 0.848. The van der Waals surface area contributed by atoms with E-state index in [1.165, 1.54) is 0 Å². The predicted molar refractivity (Wildman–Crippen MR) is 75.9 cm³/mol. The highest BCUT2D eigenvalue weighted by Crippen LogP contribution is 2.15. The monoisotopic (exact) mass is 269 g/mol. The molecule has 2 aromatic rings. The van der Waals surface area contributed by atoms with E-state index in [0.717, 1.165) is 30.3 Å². The van der Waals surface area contributed by atoms with E-state index in [4.69, 9.17) is 10.5 Å². The number of hydrogen-bond acceptors (Lipinski definition) is 3. The Hall–Kier alpha value is -2.62. The van der Waals surface area contributed by atoms with Gasteiger partial charge in [0.1, 0.15) is 12.0 Å².